The fourth-order valence-electron chi connectivity index (χ4n) is 3.19. The van der Waals surface area contributed by atoms with Crippen molar-refractivity contribution in [2.75, 3.05) is 6.61 Å². The second-order valence-corrected chi connectivity index (χ2v) is 5.81. The van der Waals surface area contributed by atoms with Gasteiger partial charge in [0.2, 0.25) is 0 Å². The van der Waals surface area contributed by atoms with Gasteiger partial charge in [0.15, 0.2) is 0 Å². The van der Waals surface area contributed by atoms with E-state index in [0.717, 1.165) is 25.9 Å². The van der Waals surface area contributed by atoms with E-state index < -0.39 is 0 Å². The van der Waals surface area contributed by atoms with Crippen LogP contribution in [0.4, 0.5) is 0 Å². The van der Waals surface area contributed by atoms with Crippen LogP contribution in [0.15, 0.2) is 60.7 Å². The number of rotatable bonds is 4. The first-order chi connectivity index (χ1) is 9.86. The van der Waals surface area contributed by atoms with Crippen molar-refractivity contribution >= 4 is 0 Å². The van der Waals surface area contributed by atoms with Crippen LogP contribution in [0.3, 0.4) is 0 Å². The van der Waals surface area contributed by atoms with E-state index in [4.69, 9.17) is 4.74 Å². The van der Waals surface area contributed by atoms with E-state index in [-0.39, 0.29) is 5.60 Å². The molecule has 0 amide bonds. The zero-order chi connectivity index (χ0) is 13.7. The van der Waals surface area contributed by atoms with Gasteiger partial charge in [-0.05, 0) is 30.4 Å². The van der Waals surface area contributed by atoms with Crippen LogP contribution < -0.4 is 0 Å². The highest BCUT2D eigenvalue weighted by molar-refractivity contribution is 5.22. The van der Waals surface area contributed by atoms with Gasteiger partial charge in [0, 0.05) is 19.4 Å². The fourth-order valence-corrected chi connectivity index (χ4v) is 3.19. The summed E-state index contributed by atoms with van der Waals surface area (Å²) >= 11 is 0. The maximum Gasteiger partial charge on any atom is 0.0762 e. The first-order valence-electron chi connectivity index (χ1n) is 7.58. The van der Waals surface area contributed by atoms with Crippen LogP contribution in [0.25, 0.3) is 0 Å². The van der Waals surface area contributed by atoms with Crippen molar-refractivity contribution in [2.45, 2.75) is 37.7 Å². The maximum atomic E-state index is 6.27. The summed E-state index contributed by atoms with van der Waals surface area (Å²) in [5, 5.41) is 0. The standard InChI is InChI=1S/C19H22O/c1-3-9-17(10-4-1)15-19(13-7-8-14-20-19)16-18-11-5-2-6-12-18/h1-6,9-12H,7-8,13-16H2. The summed E-state index contributed by atoms with van der Waals surface area (Å²) in [6.45, 7) is 0.902. The van der Waals surface area contributed by atoms with E-state index in [2.05, 4.69) is 60.7 Å². The average Bonchev–Trinajstić information content (AvgIpc) is 2.50. The number of hydrogen-bond acceptors (Lipinski definition) is 1. The summed E-state index contributed by atoms with van der Waals surface area (Å²) in [6, 6.07) is 21.5. The lowest BCUT2D eigenvalue weighted by molar-refractivity contribution is -0.0773. The molecule has 0 saturated carbocycles. The Balaban J connectivity index is 1.81. The van der Waals surface area contributed by atoms with Crippen LogP contribution >= 0.6 is 0 Å². The Morgan fingerprint density at radius 2 is 1.30 bits per heavy atom. The molecule has 1 heterocycles. The van der Waals surface area contributed by atoms with Gasteiger partial charge in [-0.1, -0.05) is 60.7 Å². The Labute approximate surface area is 121 Å². The third kappa shape index (κ3) is 3.29. The van der Waals surface area contributed by atoms with Crippen molar-refractivity contribution < 1.29 is 4.74 Å². The van der Waals surface area contributed by atoms with E-state index >= 15 is 0 Å². The Hall–Kier alpha value is -1.60. The van der Waals surface area contributed by atoms with Gasteiger partial charge in [-0.25, -0.2) is 0 Å². The molecule has 0 aromatic heterocycles. The van der Waals surface area contributed by atoms with Crippen LogP contribution in [0.2, 0.25) is 0 Å². The lowest BCUT2D eigenvalue weighted by atomic mass is 9.82. The van der Waals surface area contributed by atoms with E-state index in [9.17, 15) is 0 Å². The topological polar surface area (TPSA) is 9.23 Å². The summed E-state index contributed by atoms with van der Waals surface area (Å²) in [7, 11) is 0. The normalized spacial score (nSPS) is 17.8. The highest BCUT2D eigenvalue weighted by Crippen LogP contribution is 2.32. The molecular formula is C19H22O. The van der Waals surface area contributed by atoms with Gasteiger partial charge in [0.25, 0.3) is 0 Å². The molecule has 1 aliphatic rings. The molecule has 1 aliphatic heterocycles. The van der Waals surface area contributed by atoms with Gasteiger partial charge in [-0.15, -0.1) is 0 Å². The van der Waals surface area contributed by atoms with E-state index in [1.165, 1.54) is 24.0 Å². The van der Waals surface area contributed by atoms with Crippen molar-refractivity contribution in [1.29, 1.82) is 0 Å². The molecule has 20 heavy (non-hydrogen) atoms. The fraction of sp³-hybridized carbons (Fsp3) is 0.368. The van der Waals surface area contributed by atoms with Gasteiger partial charge < -0.3 is 4.74 Å². The molecule has 1 fully saturated rings. The molecule has 3 rings (SSSR count). The molecule has 0 spiro atoms. The molecule has 0 radical (unpaired) electrons. The van der Waals surface area contributed by atoms with Crippen molar-refractivity contribution in [1.82, 2.24) is 0 Å². The predicted molar refractivity (Wildman–Crippen MR) is 82.8 cm³/mol. The Morgan fingerprint density at radius 3 is 1.75 bits per heavy atom. The van der Waals surface area contributed by atoms with Gasteiger partial charge in [-0.2, -0.15) is 0 Å². The Kier molecular flexibility index (Phi) is 4.17. The minimum Gasteiger partial charge on any atom is -0.374 e. The van der Waals surface area contributed by atoms with E-state index in [1.807, 2.05) is 0 Å². The van der Waals surface area contributed by atoms with Crippen molar-refractivity contribution in [2.24, 2.45) is 0 Å². The monoisotopic (exact) mass is 266 g/mol. The first kappa shape index (κ1) is 13.4. The molecule has 1 heteroatoms. The lowest BCUT2D eigenvalue weighted by Crippen LogP contribution is -2.40. The van der Waals surface area contributed by atoms with Crippen molar-refractivity contribution in [3.8, 4) is 0 Å². The molecule has 0 N–H and O–H groups in total. The molecule has 0 unspecified atom stereocenters. The van der Waals surface area contributed by atoms with E-state index in [0.29, 0.717) is 0 Å². The molecule has 0 bridgehead atoms. The average molecular weight is 266 g/mol. The van der Waals surface area contributed by atoms with Crippen molar-refractivity contribution in [3.05, 3.63) is 71.8 Å². The van der Waals surface area contributed by atoms with Crippen LogP contribution in [-0.4, -0.2) is 12.2 Å². The third-order valence-electron chi connectivity index (χ3n) is 4.17. The molecule has 2 aromatic carbocycles. The minimum absolute atomic E-state index is 0.0129. The second kappa shape index (κ2) is 6.23. The number of ether oxygens (including phenoxy) is 1. The SMILES string of the molecule is c1ccc(CC2(Cc3ccccc3)CCCCO2)cc1. The molecule has 0 aliphatic carbocycles. The quantitative estimate of drug-likeness (QED) is 0.796. The second-order valence-electron chi connectivity index (χ2n) is 5.81. The molecule has 1 saturated heterocycles. The van der Waals surface area contributed by atoms with Crippen LogP contribution in [-0.2, 0) is 17.6 Å². The zero-order valence-electron chi connectivity index (χ0n) is 11.9. The van der Waals surface area contributed by atoms with E-state index in [1.54, 1.807) is 0 Å². The summed E-state index contributed by atoms with van der Waals surface area (Å²) in [6.07, 6.45) is 5.67. The highest BCUT2D eigenvalue weighted by Gasteiger charge is 2.33. The molecular weight excluding hydrogens is 244 g/mol. The molecule has 2 aromatic rings. The third-order valence-corrected chi connectivity index (χ3v) is 4.17. The largest absolute Gasteiger partial charge is 0.374 e. The molecule has 1 nitrogen and oxygen atoms in total. The van der Waals surface area contributed by atoms with Gasteiger partial charge in [0.05, 0.1) is 5.60 Å². The number of hydrogen-bond donors (Lipinski definition) is 0. The minimum atomic E-state index is -0.0129. The lowest BCUT2D eigenvalue weighted by Gasteiger charge is -2.38. The maximum absolute atomic E-state index is 6.27. The highest BCUT2D eigenvalue weighted by atomic mass is 16.5. The summed E-state index contributed by atoms with van der Waals surface area (Å²) < 4.78 is 6.27. The first-order valence-corrected chi connectivity index (χ1v) is 7.58. The van der Waals surface area contributed by atoms with Crippen molar-refractivity contribution in [3.63, 3.8) is 0 Å². The Morgan fingerprint density at radius 1 is 0.750 bits per heavy atom. The summed E-state index contributed by atoms with van der Waals surface area (Å²) in [4.78, 5) is 0. The Bertz CT molecular complexity index is 468. The van der Waals surface area contributed by atoms with Gasteiger partial charge in [-0.3, -0.25) is 0 Å². The van der Waals surface area contributed by atoms with Crippen LogP contribution in [0, 0.1) is 0 Å². The summed E-state index contributed by atoms with van der Waals surface area (Å²) in [5.74, 6) is 0. The smallest absolute Gasteiger partial charge is 0.0762 e. The van der Waals surface area contributed by atoms with Gasteiger partial charge >= 0.3 is 0 Å². The predicted octanol–water partition coefficient (Wildman–Crippen LogP) is 4.41. The van der Waals surface area contributed by atoms with Crippen LogP contribution in [0.1, 0.15) is 30.4 Å². The zero-order valence-corrected chi connectivity index (χ0v) is 11.9. The van der Waals surface area contributed by atoms with Crippen LogP contribution in [0.5, 0.6) is 0 Å². The number of benzene rings is 2. The summed E-state index contributed by atoms with van der Waals surface area (Å²) in [5.41, 5.74) is 2.75. The van der Waals surface area contributed by atoms with Gasteiger partial charge in [0.1, 0.15) is 0 Å². The molecule has 0 atom stereocenters. The molecule has 104 valence electrons.